The molecule has 0 bridgehead atoms. The van der Waals surface area contributed by atoms with Gasteiger partial charge in [-0.05, 0) is 24.3 Å². The largest absolute Gasteiger partial charge is 0.304 e. The summed E-state index contributed by atoms with van der Waals surface area (Å²) in [6, 6.07) is 11.4. The number of fused-ring (bicyclic) bond motifs is 1. The molecule has 0 aliphatic rings. The zero-order valence-corrected chi connectivity index (χ0v) is 15.1. The van der Waals surface area contributed by atoms with Crippen LogP contribution in [0.4, 0.5) is 5.69 Å². The van der Waals surface area contributed by atoms with E-state index in [1.807, 2.05) is 6.07 Å². The zero-order valence-electron chi connectivity index (χ0n) is 12.7. The fraction of sp³-hybridized carbons (Fsp3) is 0.0588. The van der Waals surface area contributed by atoms with Gasteiger partial charge in [-0.3, -0.25) is 14.9 Å². The van der Waals surface area contributed by atoms with Gasteiger partial charge in [-0.15, -0.1) is 6.42 Å². The van der Waals surface area contributed by atoms with E-state index in [0.717, 1.165) is 9.17 Å². The number of thiazole rings is 1. The smallest absolute Gasteiger partial charge is 0.279 e. The Hall–Kier alpha value is -2.76. The van der Waals surface area contributed by atoms with Crippen molar-refractivity contribution in [3.05, 3.63) is 67.4 Å². The van der Waals surface area contributed by atoms with Gasteiger partial charge in [-0.2, -0.15) is 4.99 Å². The lowest BCUT2D eigenvalue weighted by molar-refractivity contribution is -0.384. The van der Waals surface area contributed by atoms with E-state index in [2.05, 4.69) is 26.8 Å². The highest BCUT2D eigenvalue weighted by atomic mass is 79.9. The van der Waals surface area contributed by atoms with Crippen molar-refractivity contribution >= 4 is 49.1 Å². The third kappa shape index (κ3) is 3.52. The van der Waals surface area contributed by atoms with Gasteiger partial charge in [0.05, 0.1) is 21.7 Å². The molecule has 8 heteroatoms. The van der Waals surface area contributed by atoms with Crippen LogP contribution in [0.25, 0.3) is 10.2 Å². The Bertz CT molecular complexity index is 1110. The fourth-order valence-electron chi connectivity index (χ4n) is 2.27. The Balaban J connectivity index is 2.18. The molecule has 0 aliphatic heterocycles. The number of nitro groups is 1. The maximum atomic E-state index is 12.4. The van der Waals surface area contributed by atoms with Gasteiger partial charge in [0.25, 0.3) is 11.6 Å². The first kappa shape index (κ1) is 17.1. The fourth-order valence-corrected chi connectivity index (χ4v) is 3.68. The van der Waals surface area contributed by atoms with E-state index in [4.69, 9.17) is 6.42 Å². The van der Waals surface area contributed by atoms with Crippen molar-refractivity contribution in [3.63, 3.8) is 0 Å². The molecule has 0 saturated carbocycles. The quantitative estimate of drug-likeness (QED) is 0.371. The third-order valence-corrected chi connectivity index (χ3v) is 4.95. The highest BCUT2D eigenvalue weighted by Crippen LogP contribution is 2.23. The van der Waals surface area contributed by atoms with Gasteiger partial charge in [-0.1, -0.05) is 39.3 Å². The van der Waals surface area contributed by atoms with Gasteiger partial charge in [-0.25, -0.2) is 0 Å². The van der Waals surface area contributed by atoms with E-state index in [-0.39, 0.29) is 12.2 Å². The lowest BCUT2D eigenvalue weighted by Crippen LogP contribution is -2.16. The molecule has 0 atom stereocenters. The molecule has 0 aliphatic carbocycles. The molecule has 25 heavy (non-hydrogen) atoms. The third-order valence-electron chi connectivity index (χ3n) is 3.39. The molecule has 1 heterocycles. The molecule has 3 aromatic rings. The number of halogens is 1. The predicted octanol–water partition coefficient (Wildman–Crippen LogP) is 3.75. The van der Waals surface area contributed by atoms with E-state index in [0.29, 0.717) is 15.9 Å². The summed E-state index contributed by atoms with van der Waals surface area (Å²) in [6.45, 7) is 0.158. The normalized spacial score (nSPS) is 11.4. The topological polar surface area (TPSA) is 77.5 Å². The molecule has 1 amide bonds. The van der Waals surface area contributed by atoms with Crippen LogP contribution >= 0.6 is 27.3 Å². The van der Waals surface area contributed by atoms with Crippen LogP contribution in [-0.4, -0.2) is 15.4 Å². The first-order chi connectivity index (χ1) is 12.0. The van der Waals surface area contributed by atoms with E-state index >= 15 is 0 Å². The monoisotopic (exact) mass is 415 g/mol. The lowest BCUT2D eigenvalue weighted by atomic mass is 10.2. The summed E-state index contributed by atoms with van der Waals surface area (Å²) in [5, 5.41) is 11.0. The highest BCUT2D eigenvalue weighted by molar-refractivity contribution is 9.10. The second-order valence-corrected chi connectivity index (χ2v) is 6.94. The lowest BCUT2D eigenvalue weighted by Gasteiger charge is -2.00. The van der Waals surface area contributed by atoms with Crippen molar-refractivity contribution in [2.24, 2.45) is 4.99 Å². The average molecular weight is 416 g/mol. The summed E-state index contributed by atoms with van der Waals surface area (Å²) >= 11 is 4.58. The van der Waals surface area contributed by atoms with Crippen molar-refractivity contribution < 1.29 is 9.72 Å². The Morgan fingerprint density at radius 1 is 1.36 bits per heavy atom. The maximum Gasteiger partial charge on any atom is 0.279 e. The predicted molar refractivity (Wildman–Crippen MR) is 99.3 cm³/mol. The summed E-state index contributed by atoms with van der Waals surface area (Å²) in [4.78, 5) is 27.5. The molecule has 0 spiro atoms. The van der Waals surface area contributed by atoms with Gasteiger partial charge in [0.15, 0.2) is 4.80 Å². The van der Waals surface area contributed by atoms with Crippen molar-refractivity contribution in [2.75, 3.05) is 0 Å². The summed E-state index contributed by atoms with van der Waals surface area (Å²) in [5.41, 5.74) is 0.976. The van der Waals surface area contributed by atoms with Crippen LogP contribution < -0.4 is 4.80 Å². The molecule has 6 nitrogen and oxygen atoms in total. The van der Waals surface area contributed by atoms with E-state index in [1.54, 1.807) is 28.8 Å². The molecular formula is C17H10BrN3O3S. The first-order valence-electron chi connectivity index (χ1n) is 7.05. The van der Waals surface area contributed by atoms with Gasteiger partial charge < -0.3 is 4.57 Å². The zero-order chi connectivity index (χ0) is 18.0. The Labute approximate surface area is 154 Å². The second-order valence-electron chi connectivity index (χ2n) is 5.01. The van der Waals surface area contributed by atoms with Crippen LogP contribution in [0, 0.1) is 22.5 Å². The highest BCUT2D eigenvalue weighted by Gasteiger charge is 2.13. The van der Waals surface area contributed by atoms with Crippen LogP contribution in [0.1, 0.15) is 10.4 Å². The number of hydrogen-bond acceptors (Lipinski definition) is 4. The second kappa shape index (κ2) is 7.01. The van der Waals surface area contributed by atoms with Gasteiger partial charge in [0.2, 0.25) is 0 Å². The minimum Gasteiger partial charge on any atom is -0.304 e. The van der Waals surface area contributed by atoms with Crippen molar-refractivity contribution in [1.29, 1.82) is 0 Å². The molecule has 1 aromatic heterocycles. The van der Waals surface area contributed by atoms with Crippen LogP contribution in [0.3, 0.4) is 0 Å². The minimum atomic E-state index is -0.471. The molecular weight excluding hydrogens is 406 g/mol. The van der Waals surface area contributed by atoms with Crippen LogP contribution in [0.2, 0.25) is 0 Å². The number of nitrogens with zero attached hydrogens (tertiary/aromatic N) is 3. The molecule has 0 N–H and O–H groups in total. The molecule has 3 rings (SSSR count). The van der Waals surface area contributed by atoms with E-state index in [9.17, 15) is 14.9 Å². The van der Waals surface area contributed by atoms with Crippen LogP contribution in [-0.2, 0) is 6.54 Å². The molecule has 0 unspecified atom stereocenters. The number of amides is 1. The maximum absolute atomic E-state index is 12.4. The van der Waals surface area contributed by atoms with Crippen molar-refractivity contribution in [1.82, 2.24) is 4.57 Å². The van der Waals surface area contributed by atoms with Crippen molar-refractivity contribution in [3.8, 4) is 12.3 Å². The van der Waals surface area contributed by atoms with E-state index in [1.165, 1.54) is 23.5 Å². The SMILES string of the molecule is C#CCn1c(=NC(=O)c2cccc(Br)c2)sc2ccc([N+](=O)[O-])cc21. The molecule has 0 fully saturated rings. The van der Waals surface area contributed by atoms with Gasteiger partial charge >= 0.3 is 0 Å². The summed E-state index contributed by atoms with van der Waals surface area (Å²) < 4.78 is 3.17. The number of benzene rings is 2. The number of rotatable bonds is 3. The minimum absolute atomic E-state index is 0.0408. The number of terminal acetylenes is 1. The van der Waals surface area contributed by atoms with Gasteiger partial charge in [0.1, 0.15) is 0 Å². The van der Waals surface area contributed by atoms with E-state index < -0.39 is 10.8 Å². The summed E-state index contributed by atoms with van der Waals surface area (Å²) in [7, 11) is 0. The Kier molecular flexibility index (Phi) is 4.79. The van der Waals surface area contributed by atoms with Crippen LogP contribution in [0.15, 0.2) is 51.9 Å². The summed E-state index contributed by atoms with van der Waals surface area (Å²) in [6.07, 6.45) is 5.41. The number of carbonyl (C=O) groups excluding carboxylic acids is 1. The molecule has 0 saturated heterocycles. The average Bonchev–Trinajstić information content (AvgIpc) is 2.92. The first-order valence-corrected chi connectivity index (χ1v) is 8.66. The number of aromatic nitrogens is 1. The Morgan fingerprint density at radius 2 is 2.16 bits per heavy atom. The van der Waals surface area contributed by atoms with Crippen LogP contribution in [0.5, 0.6) is 0 Å². The molecule has 0 radical (unpaired) electrons. The number of carbonyl (C=O) groups is 1. The molecule has 2 aromatic carbocycles. The standard InChI is InChI=1S/C17H10BrN3O3S/c1-2-8-20-14-10-13(21(23)24)6-7-15(14)25-17(20)19-16(22)11-4-3-5-12(18)9-11/h1,3-7,9-10H,8H2. The van der Waals surface area contributed by atoms with Gasteiger partial charge in [0, 0.05) is 22.2 Å². The number of non-ortho nitro benzene ring substituents is 1. The number of nitro benzene ring substituents is 1. The Morgan fingerprint density at radius 3 is 2.84 bits per heavy atom. The number of hydrogen-bond donors (Lipinski definition) is 0. The summed E-state index contributed by atoms with van der Waals surface area (Å²) in [5.74, 6) is 2.09. The molecule has 124 valence electrons. The van der Waals surface area contributed by atoms with Crippen molar-refractivity contribution in [2.45, 2.75) is 6.54 Å².